The number of amides is 2. The van der Waals surface area contributed by atoms with Crippen LogP contribution in [0, 0.1) is 5.41 Å². The SMILES string of the molecule is COc1ccc(CC(=O)N2CCC(Cc3ccccc3-c3ccncc3)(C(N)=O)C2)cc1. The number of primary amides is 1. The Morgan fingerprint density at radius 3 is 2.47 bits per heavy atom. The summed E-state index contributed by atoms with van der Waals surface area (Å²) in [5.41, 5.74) is 9.19. The maximum Gasteiger partial charge on any atom is 0.227 e. The second-order valence-electron chi connectivity index (χ2n) is 8.30. The number of pyridine rings is 1. The van der Waals surface area contributed by atoms with Crippen molar-refractivity contribution >= 4 is 11.8 Å². The number of hydrogen-bond donors (Lipinski definition) is 1. The number of methoxy groups -OCH3 is 1. The molecule has 0 radical (unpaired) electrons. The summed E-state index contributed by atoms with van der Waals surface area (Å²) in [6, 6.07) is 19.4. The fraction of sp³-hybridized carbons (Fsp3) is 0.269. The molecular formula is C26H27N3O3. The number of ether oxygens (including phenoxy) is 1. The lowest BCUT2D eigenvalue weighted by molar-refractivity contribution is -0.131. The van der Waals surface area contributed by atoms with Gasteiger partial charge < -0.3 is 15.4 Å². The quantitative estimate of drug-likeness (QED) is 0.625. The number of hydrogen-bond acceptors (Lipinski definition) is 4. The van der Waals surface area contributed by atoms with Gasteiger partial charge in [-0.15, -0.1) is 0 Å². The molecule has 1 aliphatic heterocycles. The number of carbonyl (C=O) groups excluding carboxylic acids is 2. The van der Waals surface area contributed by atoms with Crippen LogP contribution in [0.15, 0.2) is 73.1 Å². The van der Waals surface area contributed by atoms with Crippen LogP contribution in [0.3, 0.4) is 0 Å². The molecule has 32 heavy (non-hydrogen) atoms. The molecule has 0 saturated carbocycles. The molecular weight excluding hydrogens is 402 g/mol. The zero-order valence-corrected chi connectivity index (χ0v) is 18.2. The molecule has 2 amide bonds. The Balaban J connectivity index is 1.52. The van der Waals surface area contributed by atoms with E-state index in [4.69, 9.17) is 10.5 Å². The minimum absolute atomic E-state index is 0.000658. The molecule has 2 aromatic carbocycles. The van der Waals surface area contributed by atoms with Crippen molar-refractivity contribution < 1.29 is 14.3 Å². The van der Waals surface area contributed by atoms with Crippen molar-refractivity contribution in [1.82, 2.24) is 9.88 Å². The highest BCUT2D eigenvalue weighted by Gasteiger charge is 2.45. The smallest absolute Gasteiger partial charge is 0.227 e. The van der Waals surface area contributed by atoms with Gasteiger partial charge >= 0.3 is 0 Å². The molecule has 6 nitrogen and oxygen atoms in total. The van der Waals surface area contributed by atoms with Crippen LogP contribution >= 0.6 is 0 Å². The monoisotopic (exact) mass is 429 g/mol. The number of aromatic nitrogens is 1. The van der Waals surface area contributed by atoms with Gasteiger partial charge in [-0.25, -0.2) is 0 Å². The van der Waals surface area contributed by atoms with E-state index in [0.717, 1.165) is 28.0 Å². The third-order valence-corrected chi connectivity index (χ3v) is 6.28. The zero-order valence-electron chi connectivity index (χ0n) is 18.2. The third kappa shape index (κ3) is 4.49. The van der Waals surface area contributed by atoms with Gasteiger partial charge in [-0.1, -0.05) is 36.4 Å². The van der Waals surface area contributed by atoms with Crippen LogP contribution in [-0.2, 0) is 22.4 Å². The average Bonchev–Trinajstić information content (AvgIpc) is 3.26. The molecule has 1 saturated heterocycles. The van der Waals surface area contributed by atoms with Crippen LogP contribution in [0.25, 0.3) is 11.1 Å². The molecule has 1 unspecified atom stereocenters. The second-order valence-corrected chi connectivity index (χ2v) is 8.30. The first kappa shape index (κ1) is 21.6. The standard InChI is InChI=1S/C26H27N3O3/c1-32-22-8-6-19(7-9-22)16-24(30)29-15-12-26(18-29,25(27)31)17-21-4-2-3-5-23(21)20-10-13-28-14-11-20/h2-11,13-14H,12,15-18H2,1H3,(H2,27,31). The summed E-state index contributed by atoms with van der Waals surface area (Å²) in [4.78, 5) is 31.5. The topological polar surface area (TPSA) is 85.5 Å². The van der Waals surface area contributed by atoms with Crippen LogP contribution in [0.5, 0.6) is 5.75 Å². The maximum absolute atomic E-state index is 13.0. The van der Waals surface area contributed by atoms with Crippen molar-refractivity contribution in [2.75, 3.05) is 20.2 Å². The Labute approximate surface area is 188 Å². The predicted octanol–water partition coefficient (Wildman–Crippen LogP) is 3.25. The van der Waals surface area contributed by atoms with Gasteiger partial charge in [-0.3, -0.25) is 14.6 Å². The summed E-state index contributed by atoms with van der Waals surface area (Å²) in [7, 11) is 1.61. The molecule has 3 aromatic rings. The van der Waals surface area contributed by atoms with Crippen LogP contribution < -0.4 is 10.5 Å². The maximum atomic E-state index is 13.0. The molecule has 6 heteroatoms. The lowest BCUT2D eigenvalue weighted by Gasteiger charge is -2.27. The fourth-order valence-corrected chi connectivity index (χ4v) is 4.40. The van der Waals surface area contributed by atoms with E-state index in [0.29, 0.717) is 25.9 Å². The predicted molar refractivity (Wildman–Crippen MR) is 123 cm³/mol. The van der Waals surface area contributed by atoms with Gasteiger partial charge in [0.25, 0.3) is 0 Å². The molecule has 1 aliphatic rings. The van der Waals surface area contributed by atoms with E-state index in [-0.39, 0.29) is 18.2 Å². The fourth-order valence-electron chi connectivity index (χ4n) is 4.40. The van der Waals surface area contributed by atoms with E-state index in [1.807, 2.05) is 60.7 Å². The average molecular weight is 430 g/mol. The Kier molecular flexibility index (Phi) is 6.21. The highest BCUT2D eigenvalue weighted by atomic mass is 16.5. The van der Waals surface area contributed by atoms with E-state index in [2.05, 4.69) is 4.98 Å². The van der Waals surface area contributed by atoms with Crippen LogP contribution in [0.1, 0.15) is 17.5 Å². The molecule has 2 heterocycles. The van der Waals surface area contributed by atoms with Gasteiger partial charge in [0.15, 0.2) is 0 Å². The van der Waals surface area contributed by atoms with E-state index in [1.165, 1.54) is 0 Å². The Morgan fingerprint density at radius 1 is 1.06 bits per heavy atom. The van der Waals surface area contributed by atoms with Gasteiger partial charge in [0.1, 0.15) is 5.75 Å². The molecule has 1 aromatic heterocycles. The van der Waals surface area contributed by atoms with Crippen molar-refractivity contribution in [3.05, 3.63) is 84.2 Å². The van der Waals surface area contributed by atoms with E-state index in [1.54, 1.807) is 24.4 Å². The first-order chi connectivity index (χ1) is 15.5. The number of nitrogens with zero attached hydrogens (tertiary/aromatic N) is 2. The highest BCUT2D eigenvalue weighted by molar-refractivity contribution is 5.85. The van der Waals surface area contributed by atoms with Crippen LogP contribution in [0.4, 0.5) is 0 Å². The van der Waals surface area contributed by atoms with Crippen molar-refractivity contribution in [2.45, 2.75) is 19.3 Å². The van der Waals surface area contributed by atoms with Crippen molar-refractivity contribution in [2.24, 2.45) is 11.1 Å². The lowest BCUT2D eigenvalue weighted by atomic mass is 9.78. The normalized spacial score (nSPS) is 17.8. The Bertz CT molecular complexity index is 1100. The summed E-state index contributed by atoms with van der Waals surface area (Å²) in [5, 5.41) is 0. The molecule has 0 spiro atoms. The number of rotatable bonds is 7. The van der Waals surface area contributed by atoms with Gasteiger partial charge in [0, 0.05) is 25.5 Å². The summed E-state index contributed by atoms with van der Waals surface area (Å²) < 4.78 is 5.18. The van der Waals surface area contributed by atoms with Gasteiger partial charge in [-0.2, -0.15) is 0 Å². The molecule has 1 atom stereocenters. The zero-order chi connectivity index (χ0) is 22.6. The van der Waals surface area contributed by atoms with Crippen LogP contribution in [0.2, 0.25) is 0 Å². The third-order valence-electron chi connectivity index (χ3n) is 6.28. The van der Waals surface area contributed by atoms with Crippen molar-refractivity contribution in [3.63, 3.8) is 0 Å². The molecule has 1 fully saturated rings. The Morgan fingerprint density at radius 2 is 1.78 bits per heavy atom. The van der Waals surface area contributed by atoms with E-state index >= 15 is 0 Å². The number of benzene rings is 2. The molecule has 0 aliphatic carbocycles. The summed E-state index contributed by atoms with van der Waals surface area (Å²) in [6.07, 6.45) is 4.84. The van der Waals surface area contributed by atoms with E-state index in [9.17, 15) is 9.59 Å². The molecule has 164 valence electrons. The van der Waals surface area contributed by atoms with Crippen molar-refractivity contribution in [3.8, 4) is 16.9 Å². The van der Waals surface area contributed by atoms with Crippen LogP contribution in [-0.4, -0.2) is 41.9 Å². The second kappa shape index (κ2) is 9.22. The first-order valence-electron chi connectivity index (χ1n) is 10.7. The first-order valence-corrected chi connectivity index (χ1v) is 10.7. The number of carbonyl (C=O) groups is 2. The largest absolute Gasteiger partial charge is 0.497 e. The molecule has 0 bridgehead atoms. The summed E-state index contributed by atoms with van der Waals surface area (Å²) in [6.45, 7) is 0.858. The summed E-state index contributed by atoms with van der Waals surface area (Å²) in [5.74, 6) is 0.394. The lowest BCUT2D eigenvalue weighted by Crippen LogP contribution is -2.42. The number of likely N-dealkylation sites (tertiary alicyclic amines) is 1. The highest BCUT2D eigenvalue weighted by Crippen LogP contribution is 2.37. The van der Waals surface area contributed by atoms with Gasteiger partial charge in [-0.05, 0) is 59.4 Å². The van der Waals surface area contributed by atoms with Gasteiger partial charge in [0.2, 0.25) is 11.8 Å². The number of nitrogens with two attached hydrogens (primary N) is 1. The summed E-state index contributed by atoms with van der Waals surface area (Å²) >= 11 is 0. The molecule has 2 N–H and O–H groups in total. The minimum Gasteiger partial charge on any atom is -0.497 e. The Hall–Kier alpha value is -3.67. The van der Waals surface area contributed by atoms with Gasteiger partial charge in [0.05, 0.1) is 18.9 Å². The van der Waals surface area contributed by atoms with E-state index < -0.39 is 5.41 Å². The van der Waals surface area contributed by atoms with Crippen molar-refractivity contribution in [1.29, 1.82) is 0 Å². The minimum atomic E-state index is -0.779. The molecule has 4 rings (SSSR count).